The summed E-state index contributed by atoms with van der Waals surface area (Å²) in [6.07, 6.45) is 1.72. The van der Waals surface area contributed by atoms with Crippen molar-refractivity contribution in [2.45, 2.75) is 33.6 Å². The average Bonchev–Trinajstić information content (AvgIpc) is 2.87. The molecule has 0 unspecified atom stereocenters. The van der Waals surface area contributed by atoms with Gasteiger partial charge in [-0.1, -0.05) is 60.9 Å². The van der Waals surface area contributed by atoms with E-state index in [-0.39, 0.29) is 5.56 Å². The minimum Gasteiger partial charge on any atom is -0.290 e. The van der Waals surface area contributed by atoms with Gasteiger partial charge in [0.15, 0.2) is 0 Å². The number of nitrogens with zero attached hydrogens (tertiary/aromatic N) is 1. The molecule has 0 saturated carbocycles. The van der Waals surface area contributed by atoms with Crippen LogP contribution in [0.4, 0.5) is 0 Å². The molecule has 3 heteroatoms. The molecule has 0 fully saturated rings. The zero-order chi connectivity index (χ0) is 16.4. The number of aryl methyl sites for hydroxylation is 2. The van der Waals surface area contributed by atoms with Gasteiger partial charge in [-0.2, -0.15) is 0 Å². The summed E-state index contributed by atoms with van der Waals surface area (Å²) >= 11 is 0. The molecule has 1 heterocycles. The molecule has 118 valence electrons. The van der Waals surface area contributed by atoms with Crippen molar-refractivity contribution in [1.29, 1.82) is 0 Å². The van der Waals surface area contributed by atoms with Crippen LogP contribution in [-0.4, -0.2) is 9.78 Å². The Hall–Kier alpha value is -2.55. The van der Waals surface area contributed by atoms with Crippen molar-refractivity contribution < 1.29 is 0 Å². The Morgan fingerprint density at radius 3 is 2.04 bits per heavy atom. The first-order valence-electron chi connectivity index (χ1n) is 8.08. The van der Waals surface area contributed by atoms with E-state index in [9.17, 15) is 4.79 Å². The second-order valence-corrected chi connectivity index (χ2v) is 6.06. The van der Waals surface area contributed by atoms with Gasteiger partial charge < -0.3 is 0 Å². The van der Waals surface area contributed by atoms with Crippen LogP contribution >= 0.6 is 0 Å². The van der Waals surface area contributed by atoms with Gasteiger partial charge in [-0.25, -0.2) is 4.68 Å². The summed E-state index contributed by atoms with van der Waals surface area (Å²) < 4.78 is 1.65. The van der Waals surface area contributed by atoms with Crippen LogP contribution < -0.4 is 5.56 Å². The van der Waals surface area contributed by atoms with Crippen LogP contribution in [0.25, 0.3) is 16.9 Å². The van der Waals surface area contributed by atoms with E-state index in [0.29, 0.717) is 0 Å². The van der Waals surface area contributed by atoms with Crippen LogP contribution in [0.1, 0.15) is 30.0 Å². The van der Waals surface area contributed by atoms with Gasteiger partial charge in [-0.15, -0.1) is 0 Å². The minimum absolute atomic E-state index is 0.0475. The Morgan fingerprint density at radius 1 is 0.913 bits per heavy atom. The van der Waals surface area contributed by atoms with Gasteiger partial charge in [0.05, 0.1) is 11.4 Å². The van der Waals surface area contributed by atoms with Crippen LogP contribution in [0.15, 0.2) is 53.3 Å². The highest BCUT2D eigenvalue weighted by Gasteiger charge is 2.15. The van der Waals surface area contributed by atoms with Crippen LogP contribution in [0, 0.1) is 13.8 Å². The van der Waals surface area contributed by atoms with Crippen molar-refractivity contribution in [2.75, 3.05) is 0 Å². The maximum Gasteiger partial charge on any atom is 0.275 e. The molecular weight excluding hydrogens is 284 g/mol. The summed E-state index contributed by atoms with van der Waals surface area (Å²) in [5, 5.41) is 3.31. The molecule has 2 aromatic carbocycles. The normalized spacial score (nSPS) is 10.9. The van der Waals surface area contributed by atoms with Gasteiger partial charge in [-0.05, 0) is 38.0 Å². The minimum atomic E-state index is 0.0475. The first-order chi connectivity index (χ1) is 11.1. The summed E-state index contributed by atoms with van der Waals surface area (Å²) in [6.45, 7) is 6.21. The molecule has 0 bridgehead atoms. The van der Waals surface area contributed by atoms with Crippen molar-refractivity contribution in [1.82, 2.24) is 9.78 Å². The number of hydrogen-bond acceptors (Lipinski definition) is 1. The molecule has 1 N–H and O–H groups in total. The van der Waals surface area contributed by atoms with E-state index in [1.165, 1.54) is 11.1 Å². The summed E-state index contributed by atoms with van der Waals surface area (Å²) in [5.74, 6) is 0. The van der Waals surface area contributed by atoms with Gasteiger partial charge >= 0.3 is 0 Å². The number of nitrogens with one attached hydrogen (secondary N) is 1. The third-order valence-corrected chi connectivity index (χ3v) is 4.12. The summed E-state index contributed by atoms with van der Waals surface area (Å²) in [5.41, 5.74) is 6.16. The molecule has 0 atom stereocenters. The Labute approximate surface area is 136 Å². The van der Waals surface area contributed by atoms with E-state index in [2.05, 4.69) is 43.2 Å². The standard InChI is InChI=1S/C20H22N2O/c1-4-5-18-19(16-10-6-14(2)7-11-16)21-22(20(18)23)17-12-8-15(3)9-13-17/h6-13,21H,4-5H2,1-3H3. The zero-order valence-corrected chi connectivity index (χ0v) is 13.9. The number of hydrogen-bond donors (Lipinski definition) is 1. The first kappa shape index (κ1) is 15.3. The van der Waals surface area contributed by atoms with Crippen molar-refractivity contribution in [3.05, 3.63) is 75.6 Å². The van der Waals surface area contributed by atoms with Crippen molar-refractivity contribution in [2.24, 2.45) is 0 Å². The number of aromatic nitrogens is 2. The van der Waals surface area contributed by atoms with Crippen LogP contribution in [0.2, 0.25) is 0 Å². The molecule has 1 aromatic heterocycles. The van der Waals surface area contributed by atoms with E-state index < -0.39 is 0 Å². The molecule has 0 aliphatic heterocycles. The summed E-state index contributed by atoms with van der Waals surface area (Å²) in [7, 11) is 0. The molecule has 0 aliphatic rings. The van der Waals surface area contributed by atoms with E-state index >= 15 is 0 Å². The molecule has 0 saturated heterocycles. The molecule has 0 amide bonds. The van der Waals surface area contributed by atoms with Crippen LogP contribution in [0.5, 0.6) is 0 Å². The van der Waals surface area contributed by atoms with Crippen molar-refractivity contribution in [3.8, 4) is 16.9 Å². The molecular formula is C20H22N2O. The first-order valence-corrected chi connectivity index (χ1v) is 8.08. The lowest BCUT2D eigenvalue weighted by Gasteiger charge is -2.03. The SMILES string of the molecule is CCCc1c(-c2ccc(C)cc2)[nH]n(-c2ccc(C)cc2)c1=O. The fraction of sp³-hybridized carbons (Fsp3) is 0.250. The van der Waals surface area contributed by atoms with Gasteiger partial charge in [-0.3, -0.25) is 9.89 Å². The fourth-order valence-electron chi connectivity index (χ4n) is 2.79. The summed E-state index contributed by atoms with van der Waals surface area (Å²) in [4.78, 5) is 12.8. The van der Waals surface area contributed by atoms with Crippen LogP contribution in [0.3, 0.4) is 0 Å². The molecule has 3 rings (SSSR count). The van der Waals surface area contributed by atoms with E-state index in [1.54, 1.807) is 4.68 Å². The third kappa shape index (κ3) is 3.00. The Balaban J connectivity index is 2.16. The quantitative estimate of drug-likeness (QED) is 0.762. The highest BCUT2D eigenvalue weighted by Crippen LogP contribution is 2.22. The smallest absolute Gasteiger partial charge is 0.275 e. The predicted octanol–water partition coefficient (Wildman–Crippen LogP) is 4.40. The largest absolute Gasteiger partial charge is 0.290 e. The van der Waals surface area contributed by atoms with Gasteiger partial charge in [0.1, 0.15) is 0 Å². The predicted molar refractivity (Wildman–Crippen MR) is 95.3 cm³/mol. The van der Waals surface area contributed by atoms with E-state index in [0.717, 1.165) is 35.3 Å². The molecule has 23 heavy (non-hydrogen) atoms. The van der Waals surface area contributed by atoms with Crippen molar-refractivity contribution in [3.63, 3.8) is 0 Å². The highest BCUT2D eigenvalue weighted by atomic mass is 16.1. The fourth-order valence-corrected chi connectivity index (χ4v) is 2.79. The monoisotopic (exact) mass is 306 g/mol. The Morgan fingerprint density at radius 2 is 1.48 bits per heavy atom. The summed E-state index contributed by atoms with van der Waals surface area (Å²) in [6, 6.07) is 16.3. The number of H-pyrrole nitrogens is 1. The number of rotatable bonds is 4. The topological polar surface area (TPSA) is 37.8 Å². The third-order valence-electron chi connectivity index (χ3n) is 4.12. The van der Waals surface area contributed by atoms with Crippen LogP contribution in [-0.2, 0) is 6.42 Å². The lowest BCUT2D eigenvalue weighted by Crippen LogP contribution is -2.17. The molecule has 3 aromatic rings. The highest BCUT2D eigenvalue weighted by molar-refractivity contribution is 5.63. The van der Waals surface area contributed by atoms with Crippen molar-refractivity contribution >= 4 is 0 Å². The second kappa shape index (κ2) is 6.29. The molecule has 0 spiro atoms. The average molecular weight is 306 g/mol. The lowest BCUT2D eigenvalue weighted by molar-refractivity contribution is 0.842. The lowest BCUT2D eigenvalue weighted by atomic mass is 10.0. The second-order valence-electron chi connectivity index (χ2n) is 6.06. The Bertz CT molecular complexity index is 852. The molecule has 3 nitrogen and oxygen atoms in total. The van der Waals surface area contributed by atoms with E-state index in [4.69, 9.17) is 0 Å². The number of benzene rings is 2. The van der Waals surface area contributed by atoms with Gasteiger partial charge in [0.25, 0.3) is 5.56 Å². The molecule has 0 aliphatic carbocycles. The van der Waals surface area contributed by atoms with E-state index in [1.807, 2.05) is 31.2 Å². The Kier molecular flexibility index (Phi) is 4.20. The molecule has 0 radical (unpaired) electrons. The van der Waals surface area contributed by atoms with Gasteiger partial charge in [0, 0.05) is 5.56 Å². The number of aromatic amines is 1. The van der Waals surface area contributed by atoms with Gasteiger partial charge in [0.2, 0.25) is 0 Å². The maximum atomic E-state index is 12.8. The maximum absolute atomic E-state index is 12.8. The zero-order valence-electron chi connectivity index (χ0n) is 13.9.